The first-order chi connectivity index (χ1) is 7.17. The Morgan fingerprint density at radius 1 is 1.44 bits per heavy atom. The lowest BCUT2D eigenvalue weighted by Gasteiger charge is -2.44. The van der Waals surface area contributed by atoms with Gasteiger partial charge in [-0.2, -0.15) is 0 Å². The number of nitrogens with one attached hydrogen (secondary N) is 1. The average Bonchev–Trinajstić information content (AvgIpc) is 2.08. The number of carbonyl (C=O) groups excluding carboxylic acids is 1. The van der Waals surface area contributed by atoms with Gasteiger partial charge in [0.15, 0.2) is 0 Å². The Morgan fingerprint density at radius 2 is 2.00 bits per heavy atom. The lowest BCUT2D eigenvalue weighted by atomic mass is 9.67. The van der Waals surface area contributed by atoms with Crippen molar-refractivity contribution in [2.75, 3.05) is 0 Å². The quantitative estimate of drug-likeness (QED) is 0.756. The van der Waals surface area contributed by atoms with E-state index in [4.69, 9.17) is 9.84 Å². The predicted molar refractivity (Wildman–Crippen MR) is 58.1 cm³/mol. The first kappa shape index (κ1) is 12.8. The highest BCUT2D eigenvalue weighted by molar-refractivity contribution is 5.85. The van der Waals surface area contributed by atoms with Crippen LogP contribution in [0.3, 0.4) is 0 Å². The van der Waals surface area contributed by atoms with Gasteiger partial charge in [-0.15, -0.1) is 0 Å². The zero-order valence-electron chi connectivity index (χ0n) is 10.2. The monoisotopic (exact) mass is 229 g/mol. The van der Waals surface area contributed by atoms with Gasteiger partial charge >= 0.3 is 12.1 Å². The molecular formula is C11H19NO4. The largest absolute Gasteiger partial charge is 0.479 e. The van der Waals surface area contributed by atoms with Crippen LogP contribution in [-0.4, -0.2) is 28.3 Å². The number of carboxylic acid groups (broad SMARTS) is 1. The highest BCUT2D eigenvalue weighted by Gasteiger charge is 2.52. The van der Waals surface area contributed by atoms with E-state index in [-0.39, 0.29) is 5.92 Å². The number of alkyl carbamates (subject to hydrolysis) is 1. The van der Waals surface area contributed by atoms with E-state index in [2.05, 4.69) is 5.32 Å². The molecule has 16 heavy (non-hydrogen) atoms. The second-order valence-electron chi connectivity index (χ2n) is 5.34. The highest BCUT2D eigenvalue weighted by atomic mass is 16.6. The molecule has 0 aromatic heterocycles. The third-order valence-corrected chi connectivity index (χ3v) is 2.92. The summed E-state index contributed by atoms with van der Waals surface area (Å²) in [6.07, 6.45) is 0.603. The third kappa shape index (κ3) is 2.46. The summed E-state index contributed by atoms with van der Waals surface area (Å²) in [4.78, 5) is 22.7. The van der Waals surface area contributed by atoms with Gasteiger partial charge in [0.1, 0.15) is 11.1 Å². The fourth-order valence-corrected chi connectivity index (χ4v) is 1.76. The molecule has 0 saturated heterocycles. The SMILES string of the molecule is CC1CCC1(NC(=O)OC(C)(C)C)C(=O)O. The summed E-state index contributed by atoms with van der Waals surface area (Å²) >= 11 is 0. The van der Waals surface area contributed by atoms with Gasteiger partial charge in [0.25, 0.3) is 0 Å². The Morgan fingerprint density at radius 3 is 2.25 bits per heavy atom. The molecule has 0 aromatic rings. The van der Waals surface area contributed by atoms with Gasteiger partial charge in [0, 0.05) is 0 Å². The van der Waals surface area contributed by atoms with Crippen molar-refractivity contribution in [1.82, 2.24) is 5.32 Å². The van der Waals surface area contributed by atoms with E-state index in [1.165, 1.54) is 0 Å². The van der Waals surface area contributed by atoms with Crippen LogP contribution in [0.1, 0.15) is 40.5 Å². The van der Waals surface area contributed by atoms with E-state index in [0.29, 0.717) is 6.42 Å². The molecule has 1 amide bonds. The number of carbonyl (C=O) groups is 2. The minimum absolute atomic E-state index is 0.0579. The molecule has 0 heterocycles. The molecule has 1 fully saturated rings. The maximum Gasteiger partial charge on any atom is 0.408 e. The van der Waals surface area contributed by atoms with Crippen molar-refractivity contribution in [3.8, 4) is 0 Å². The Kier molecular flexibility index (Phi) is 3.17. The molecule has 2 unspecified atom stereocenters. The second-order valence-corrected chi connectivity index (χ2v) is 5.34. The molecule has 0 spiro atoms. The van der Waals surface area contributed by atoms with Crippen LogP contribution in [0.2, 0.25) is 0 Å². The van der Waals surface area contributed by atoms with Gasteiger partial charge in [-0.25, -0.2) is 9.59 Å². The maximum absolute atomic E-state index is 11.5. The van der Waals surface area contributed by atoms with Crippen LogP contribution in [0.4, 0.5) is 4.79 Å². The van der Waals surface area contributed by atoms with Gasteiger partial charge in [0.05, 0.1) is 0 Å². The Hall–Kier alpha value is -1.26. The van der Waals surface area contributed by atoms with Gasteiger partial charge in [0.2, 0.25) is 0 Å². The summed E-state index contributed by atoms with van der Waals surface area (Å²) in [5.41, 5.74) is -1.75. The minimum Gasteiger partial charge on any atom is -0.479 e. The van der Waals surface area contributed by atoms with E-state index in [9.17, 15) is 9.59 Å². The topological polar surface area (TPSA) is 75.6 Å². The number of amides is 1. The molecule has 0 aliphatic heterocycles. The van der Waals surface area contributed by atoms with Crippen molar-refractivity contribution >= 4 is 12.1 Å². The molecule has 2 atom stereocenters. The van der Waals surface area contributed by atoms with Crippen LogP contribution in [0, 0.1) is 5.92 Å². The number of hydrogen-bond donors (Lipinski definition) is 2. The molecule has 1 rings (SSSR count). The van der Waals surface area contributed by atoms with Crippen LogP contribution in [0.15, 0.2) is 0 Å². The molecule has 0 bridgehead atoms. The molecule has 1 aliphatic rings. The Balaban J connectivity index is 2.65. The molecule has 5 nitrogen and oxygen atoms in total. The van der Waals surface area contributed by atoms with Crippen LogP contribution in [-0.2, 0) is 9.53 Å². The van der Waals surface area contributed by atoms with Crippen LogP contribution >= 0.6 is 0 Å². The summed E-state index contributed by atoms with van der Waals surface area (Å²) in [6, 6.07) is 0. The highest BCUT2D eigenvalue weighted by Crippen LogP contribution is 2.38. The van der Waals surface area contributed by atoms with Crippen molar-refractivity contribution in [3.63, 3.8) is 0 Å². The van der Waals surface area contributed by atoms with E-state index in [0.717, 1.165) is 6.42 Å². The summed E-state index contributed by atoms with van der Waals surface area (Å²) in [6.45, 7) is 7.04. The smallest absolute Gasteiger partial charge is 0.408 e. The van der Waals surface area contributed by atoms with E-state index in [1.807, 2.05) is 6.92 Å². The molecule has 1 saturated carbocycles. The molecular weight excluding hydrogens is 210 g/mol. The standard InChI is InChI=1S/C11H19NO4/c1-7-5-6-11(7,8(13)14)12-9(15)16-10(2,3)4/h7H,5-6H2,1-4H3,(H,12,15)(H,13,14). The number of hydrogen-bond acceptors (Lipinski definition) is 3. The van der Waals surface area contributed by atoms with E-state index >= 15 is 0 Å². The van der Waals surface area contributed by atoms with E-state index < -0.39 is 23.2 Å². The molecule has 1 aliphatic carbocycles. The third-order valence-electron chi connectivity index (χ3n) is 2.92. The summed E-state index contributed by atoms with van der Waals surface area (Å²) in [5, 5.41) is 11.6. The second kappa shape index (κ2) is 3.96. The van der Waals surface area contributed by atoms with Gasteiger partial charge in [-0.3, -0.25) is 0 Å². The average molecular weight is 229 g/mol. The summed E-state index contributed by atoms with van der Waals surface area (Å²) in [5.74, 6) is -1.05. The van der Waals surface area contributed by atoms with Crippen LogP contribution in [0.5, 0.6) is 0 Å². The molecule has 92 valence electrons. The first-order valence-electron chi connectivity index (χ1n) is 5.42. The predicted octanol–water partition coefficient (Wildman–Crippen LogP) is 1.76. The normalized spacial score (nSPS) is 29.1. The number of aliphatic carboxylic acids is 1. The van der Waals surface area contributed by atoms with Crippen molar-refractivity contribution in [1.29, 1.82) is 0 Å². The lowest BCUT2D eigenvalue weighted by molar-refractivity contribution is -0.152. The lowest BCUT2D eigenvalue weighted by Crippen LogP contribution is -2.64. The number of rotatable bonds is 2. The molecule has 2 N–H and O–H groups in total. The zero-order chi connectivity index (χ0) is 12.6. The van der Waals surface area contributed by atoms with Crippen molar-refractivity contribution in [2.45, 2.75) is 51.7 Å². The van der Waals surface area contributed by atoms with E-state index in [1.54, 1.807) is 20.8 Å². The fraction of sp³-hybridized carbons (Fsp3) is 0.818. The Labute approximate surface area is 95.2 Å². The van der Waals surface area contributed by atoms with Crippen LogP contribution in [0.25, 0.3) is 0 Å². The van der Waals surface area contributed by atoms with Crippen LogP contribution < -0.4 is 5.32 Å². The molecule has 5 heteroatoms. The van der Waals surface area contributed by atoms with Crippen molar-refractivity contribution in [3.05, 3.63) is 0 Å². The molecule has 0 aromatic carbocycles. The van der Waals surface area contributed by atoms with Crippen molar-refractivity contribution in [2.24, 2.45) is 5.92 Å². The van der Waals surface area contributed by atoms with Crippen molar-refractivity contribution < 1.29 is 19.4 Å². The Bertz CT molecular complexity index is 308. The van der Waals surface area contributed by atoms with Gasteiger partial charge < -0.3 is 15.2 Å². The number of carboxylic acids is 1. The number of ether oxygens (including phenoxy) is 1. The summed E-state index contributed by atoms with van der Waals surface area (Å²) < 4.78 is 5.05. The maximum atomic E-state index is 11.5. The minimum atomic E-state index is -1.14. The summed E-state index contributed by atoms with van der Waals surface area (Å²) in [7, 11) is 0. The fourth-order valence-electron chi connectivity index (χ4n) is 1.76. The molecule has 0 radical (unpaired) electrons. The first-order valence-corrected chi connectivity index (χ1v) is 5.42. The van der Waals surface area contributed by atoms with Gasteiger partial charge in [-0.05, 0) is 39.5 Å². The zero-order valence-corrected chi connectivity index (χ0v) is 10.2. The van der Waals surface area contributed by atoms with Gasteiger partial charge in [-0.1, -0.05) is 6.92 Å².